The summed E-state index contributed by atoms with van der Waals surface area (Å²) in [5, 5.41) is 18.4. The lowest BCUT2D eigenvalue weighted by Gasteiger charge is -2.31. The molecule has 126 valence electrons. The number of carboxylic acid groups (broad SMARTS) is 1. The van der Waals surface area contributed by atoms with Gasteiger partial charge in [-0.25, -0.2) is 9.78 Å². The van der Waals surface area contributed by atoms with Gasteiger partial charge in [-0.2, -0.15) is 18.4 Å². The molecule has 3 rings (SSSR count). The van der Waals surface area contributed by atoms with Gasteiger partial charge in [-0.1, -0.05) is 0 Å². The number of aromatic amines is 1. The summed E-state index contributed by atoms with van der Waals surface area (Å²) in [4.78, 5) is 19.6. The zero-order valence-electron chi connectivity index (χ0n) is 12.6. The van der Waals surface area contributed by atoms with Crippen molar-refractivity contribution in [2.45, 2.75) is 31.5 Å². The van der Waals surface area contributed by atoms with E-state index in [2.05, 4.69) is 9.97 Å². The molecule has 1 aromatic carbocycles. The maximum absolute atomic E-state index is 13.0. The predicted octanol–water partition coefficient (Wildman–Crippen LogP) is 3.44. The third kappa shape index (κ3) is 2.35. The molecule has 1 aliphatic rings. The average Bonchev–Trinajstić information content (AvgIpc) is 3.09. The van der Waals surface area contributed by atoms with Gasteiger partial charge in [0, 0.05) is 6.54 Å². The van der Waals surface area contributed by atoms with Crippen molar-refractivity contribution in [2.24, 2.45) is 0 Å². The fraction of sp³-hybridized carbons (Fsp3) is 0.400. The Hall–Kier alpha value is -2.76. The Labute approximate surface area is 134 Å². The molecule has 1 amide bonds. The van der Waals surface area contributed by atoms with E-state index in [1.54, 1.807) is 13.0 Å². The summed E-state index contributed by atoms with van der Waals surface area (Å²) in [7, 11) is 0. The molecule has 1 unspecified atom stereocenters. The van der Waals surface area contributed by atoms with Gasteiger partial charge in [0.2, 0.25) is 0 Å². The molecule has 0 saturated carbocycles. The number of aromatic nitrogens is 2. The SMILES string of the molecule is CC1(c2nc3c(C#N)cc(C(F)(F)F)cc3[nH]2)CCCN1C(=O)O. The number of nitriles is 1. The van der Waals surface area contributed by atoms with Gasteiger partial charge in [-0.3, -0.25) is 4.90 Å². The van der Waals surface area contributed by atoms with Crippen LogP contribution in [-0.4, -0.2) is 32.6 Å². The lowest BCUT2D eigenvalue weighted by molar-refractivity contribution is -0.137. The molecule has 24 heavy (non-hydrogen) atoms. The molecular formula is C15H13F3N4O2. The smallest absolute Gasteiger partial charge is 0.416 e. The molecule has 0 spiro atoms. The number of carbonyl (C=O) groups is 1. The van der Waals surface area contributed by atoms with Crippen LogP contribution in [0.5, 0.6) is 0 Å². The second-order valence-corrected chi connectivity index (χ2v) is 5.93. The van der Waals surface area contributed by atoms with Crippen LogP contribution in [0.3, 0.4) is 0 Å². The molecular weight excluding hydrogens is 325 g/mol. The lowest BCUT2D eigenvalue weighted by Crippen LogP contribution is -2.42. The molecule has 0 bridgehead atoms. The minimum atomic E-state index is -4.59. The first-order chi connectivity index (χ1) is 11.2. The second kappa shape index (κ2) is 5.12. The standard InChI is InChI=1S/C15H13F3N4O2/c1-14(3-2-4-22(14)13(23)24)12-20-10-6-9(15(16,17)18)5-8(7-19)11(10)21-12/h5-6H,2-4H2,1H3,(H,20,21)(H,23,24). The number of rotatable bonds is 1. The van der Waals surface area contributed by atoms with Gasteiger partial charge in [0.05, 0.1) is 16.6 Å². The fourth-order valence-electron chi connectivity index (χ4n) is 3.14. The van der Waals surface area contributed by atoms with Crippen LogP contribution in [0, 0.1) is 11.3 Å². The number of amides is 1. The number of halogens is 3. The molecule has 2 heterocycles. The number of alkyl halides is 3. The number of hydrogen-bond donors (Lipinski definition) is 2. The van der Waals surface area contributed by atoms with Gasteiger partial charge in [0.15, 0.2) is 0 Å². The van der Waals surface area contributed by atoms with E-state index in [9.17, 15) is 23.1 Å². The molecule has 0 radical (unpaired) electrons. The number of imidazole rings is 1. The topological polar surface area (TPSA) is 93.0 Å². The minimum absolute atomic E-state index is 0.0647. The Morgan fingerprint density at radius 1 is 1.50 bits per heavy atom. The highest BCUT2D eigenvalue weighted by Crippen LogP contribution is 2.39. The highest BCUT2D eigenvalue weighted by atomic mass is 19.4. The summed E-state index contributed by atoms with van der Waals surface area (Å²) < 4.78 is 38.9. The van der Waals surface area contributed by atoms with Crippen LogP contribution in [0.15, 0.2) is 12.1 Å². The van der Waals surface area contributed by atoms with Gasteiger partial charge < -0.3 is 10.1 Å². The van der Waals surface area contributed by atoms with E-state index < -0.39 is 23.4 Å². The summed E-state index contributed by atoms with van der Waals surface area (Å²) in [6, 6.07) is 3.35. The van der Waals surface area contributed by atoms with E-state index in [-0.39, 0.29) is 22.4 Å². The van der Waals surface area contributed by atoms with Crippen molar-refractivity contribution in [3.8, 4) is 6.07 Å². The molecule has 6 nitrogen and oxygen atoms in total. The van der Waals surface area contributed by atoms with Crippen molar-refractivity contribution in [1.29, 1.82) is 5.26 Å². The van der Waals surface area contributed by atoms with Crippen molar-refractivity contribution >= 4 is 17.1 Å². The predicted molar refractivity (Wildman–Crippen MR) is 77.1 cm³/mol. The maximum atomic E-state index is 13.0. The van der Waals surface area contributed by atoms with E-state index in [4.69, 9.17) is 5.26 Å². The van der Waals surface area contributed by atoms with Crippen LogP contribution < -0.4 is 0 Å². The Bertz CT molecular complexity index is 868. The Balaban J connectivity index is 2.19. The van der Waals surface area contributed by atoms with Gasteiger partial charge in [0.25, 0.3) is 0 Å². The third-order valence-electron chi connectivity index (χ3n) is 4.42. The molecule has 1 aliphatic heterocycles. The molecule has 1 atom stereocenters. The molecule has 0 aliphatic carbocycles. The van der Waals surface area contributed by atoms with Crippen LogP contribution in [-0.2, 0) is 11.7 Å². The zero-order valence-corrected chi connectivity index (χ0v) is 12.6. The van der Waals surface area contributed by atoms with Crippen molar-refractivity contribution in [2.75, 3.05) is 6.54 Å². The number of H-pyrrole nitrogens is 1. The highest BCUT2D eigenvalue weighted by Gasteiger charge is 2.44. The number of benzene rings is 1. The Kier molecular flexibility index (Phi) is 3.44. The lowest BCUT2D eigenvalue weighted by atomic mass is 9.98. The first-order valence-corrected chi connectivity index (χ1v) is 7.19. The number of likely N-dealkylation sites (tertiary alicyclic amines) is 1. The van der Waals surface area contributed by atoms with Gasteiger partial charge in [0.1, 0.15) is 22.9 Å². The molecule has 1 saturated heterocycles. The molecule has 1 fully saturated rings. The van der Waals surface area contributed by atoms with Crippen LogP contribution in [0.25, 0.3) is 11.0 Å². The molecule has 9 heteroatoms. The number of hydrogen-bond acceptors (Lipinski definition) is 3. The average molecular weight is 338 g/mol. The molecule has 1 aromatic heterocycles. The number of nitrogens with one attached hydrogen (secondary N) is 1. The van der Waals surface area contributed by atoms with Gasteiger partial charge in [-0.15, -0.1) is 0 Å². The first-order valence-electron chi connectivity index (χ1n) is 7.19. The largest absolute Gasteiger partial charge is 0.465 e. The number of fused-ring (bicyclic) bond motifs is 1. The van der Waals surface area contributed by atoms with E-state index in [0.717, 1.165) is 12.1 Å². The first kappa shape index (κ1) is 16.1. The molecule has 2 N–H and O–H groups in total. The van der Waals surface area contributed by atoms with Crippen molar-refractivity contribution in [3.63, 3.8) is 0 Å². The second-order valence-electron chi connectivity index (χ2n) is 5.93. The summed E-state index contributed by atoms with van der Waals surface area (Å²) in [6.07, 6.45) is -4.59. The fourth-order valence-corrected chi connectivity index (χ4v) is 3.14. The van der Waals surface area contributed by atoms with E-state index in [1.165, 1.54) is 4.90 Å². The van der Waals surface area contributed by atoms with E-state index >= 15 is 0 Å². The Morgan fingerprint density at radius 3 is 2.79 bits per heavy atom. The number of nitrogens with zero attached hydrogens (tertiary/aromatic N) is 3. The van der Waals surface area contributed by atoms with E-state index in [0.29, 0.717) is 19.4 Å². The normalized spacial score (nSPS) is 21.2. The van der Waals surface area contributed by atoms with Crippen LogP contribution >= 0.6 is 0 Å². The van der Waals surface area contributed by atoms with Crippen molar-refractivity contribution < 1.29 is 23.1 Å². The quantitative estimate of drug-likeness (QED) is 0.833. The minimum Gasteiger partial charge on any atom is -0.465 e. The Morgan fingerprint density at radius 2 is 2.21 bits per heavy atom. The highest BCUT2D eigenvalue weighted by molar-refractivity contribution is 5.83. The summed E-state index contributed by atoms with van der Waals surface area (Å²) >= 11 is 0. The zero-order chi connectivity index (χ0) is 17.7. The summed E-state index contributed by atoms with van der Waals surface area (Å²) in [5.74, 6) is 0.244. The third-order valence-corrected chi connectivity index (χ3v) is 4.42. The summed E-state index contributed by atoms with van der Waals surface area (Å²) in [6.45, 7) is 1.99. The van der Waals surface area contributed by atoms with Crippen molar-refractivity contribution in [3.05, 3.63) is 29.1 Å². The maximum Gasteiger partial charge on any atom is 0.416 e. The van der Waals surface area contributed by atoms with Crippen LogP contribution in [0.4, 0.5) is 18.0 Å². The van der Waals surface area contributed by atoms with Gasteiger partial charge in [-0.05, 0) is 31.9 Å². The van der Waals surface area contributed by atoms with E-state index in [1.807, 2.05) is 0 Å². The van der Waals surface area contributed by atoms with Crippen LogP contribution in [0.2, 0.25) is 0 Å². The van der Waals surface area contributed by atoms with Gasteiger partial charge >= 0.3 is 12.3 Å². The monoisotopic (exact) mass is 338 g/mol. The molecule has 2 aromatic rings. The van der Waals surface area contributed by atoms with Crippen molar-refractivity contribution in [1.82, 2.24) is 14.9 Å². The summed E-state index contributed by atoms with van der Waals surface area (Å²) in [5.41, 5.74) is -1.94. The van der Waals surface area contributed by atoms with Crippen LogP contribution in [0.1, 0.15) is 36.7 Å².